The molecule has 5 nitrogen and oxygen atoms in total. The van der Waals surface area contributed by atoms with E-state index in [1.54, 1.807) is 0 Å². The minimum Gasteiger partial charge on any atom is -0.354 e. The summed E-state index contributed by atoms with van der Waals surface area (Å²) in [6, 6.07) is 4.14. The van der Waals surface area contributed by atoms with E-state index >= 15 is 0 Å². The zero-order chi connectivity index (χ0) is 14.7. The molecule has 1 aliphatic heterocycles. The lowest BCUT2D eigenvalue weighted by atomic mass is 10.2. The molecule has 2 aromatic rings. The largest absolute Gasteiger partial charge is 0.354 e. The number of nitrogens with zero attached hydrogens (tertiary/aromatic N) is 5. The van der Waals surface area contributed by atoms with Crippen LogP contribution in [0.1, 0.15) is 11.4 Å². The van der Waals surface area contributed by atoms with E-state index in [1.807, 2.05) is 24.7 Å². The molecule has 2 aromatic heterocycles. The predicted octanol–water partition coefficient (Wildman–Crippen LogP) is 1.49. The van der Waals surface area contributed by atoms with Crippen molar-refractivity contribution in [1.29, 1.82) is 0 Å². The maximum Gasteiger partial charge on any atom is 0.131 e. The molecule has 3 heterocycles. The van der Waals surface area contributed by atoms with E-state index < -0.39 is 0 Å². The lowest BCUT2D eigenvalue weighted by Crippen LogP contribution is -2.47. The second kappa shape index (κ2) is 6.26. The normalized spacial score (nSPS) is 16.4. The molecule has 0 bridgehead atoms. The van der Waals surface area contributed by atoms with Crippen molar-refractivity contribution in [3.63, 3.8) is 0 Å². The third kappa shape index (κ3) is 3.24. The van der Waals surface area contributed by atoms with Crippen molar-refractivity contribution >= 4 is 5.82 Å². The first kappa shape index (κ1) is 14.1. The Kier molecular flexibility index (Phi) is 4.20. The fourth-order valence-corrected chi connectivity index (χ4v) is 2.89. The molecule has 0 aliphatic carbocycles. The summed E-state index contributed by atoms with van der Waals surface area (Å²) in [7, 11) is 2.06. The van der Waals surface area contributed by atoms with E-state index in [-0.39, 0.29) is 0 Å². The quantitative estimate of drug-likeness (QED) is 0.853. The molecule has 112 valence electrons. The van der Waals surface area contributed by atoms with Crippen molar-refractivity contribution in [3.8, 4) is 0 Å². The Hall–Kier alpha value is -1.88. The molecule has 0 unspecified atom stereocenters. The fraction of sp³-hybridized carbons (Fsp3) is 0.500. The van der Waals surface area contributed by atoms with E-state index in [0.717, 1.165) is 50.8 Å². The Morgan fingerprint density at radius 3 is 2.57 bits per heavy atom. The standard InChI is InChI=1S/C16H23N5/c1-14-4-3-6-18-16(14)21-12-10-20(11-13-21)8-5-15-17-7-9-19(15)2/h3-4,6-7,9H,5,8,10-13H2,1-2H3. The van der Waals surface area contributed by atoms with Crippen LogP contribution >= 0.6 is 0 Å². The second-order valence-corrected chi connectivity index (χ2v) is 5.68. The second-order valence-electron chi connectivity index (χ2n) is 5.68. The Bertz CT molecular complexity index is 584. The van der Waals surface area contributed by atoms with Gasteiger partial charge in [-0.3, -0.25) is 4.90 Å². The molecule has 0 N–H and O–H groups in total. The SMILES string of the molecule is Cc1cccnc1N1CCN(CCc2nccn2C)CC1. The van der Waals surface area contributed by atoms with Crippen LogP contribution in [0.15, 0.2) is 30.7 Å². The summed E-state index contributed by atoms with van der Waals surface area (Å²) in [5.41, 5.74) is 1.26. The van der Waals surface area contributed by atoms with Gasteiger partial charge in [-0.15, -0.1) is 0 Å². The third-order valence-electron chi connectivity index (χ3n) is 4.23. The van der Waals surface area contributed by atoms with Crippen molar-refractivity contribution in [2.24, 2.45) is 7.05 Å². The highest BCUT2D eigenvalue weighted by atomic mass is 15.3. The van der Waals surface area contributed by atoms with Crippen LogP contribution in [0.4, 0.5) is 5.82 Å². The number of aromatic nitrogens is 3. The lowest BCUT2D eigenvalue weighted by molar-refractivity contribution is 0.258. The number of imidazole rings is 1. The number of hydrogen-bond acceptors (Lipinski definition) is 4. The van der Waals surface area contributed by atoms with Gasteiger partial charge in [-0.25, -0.2) is 9.97 Å². The minimum atomic E-state index is 1.02. The number of pyridine rings is 1. The summed E-state index contributed by atoms with van der Waals surface area (Å²) in [4.78, 5) is 13.8. The van der Waals surface area contributed by atoms with Crippen LogP contribution < -0.4 is 4.90 Å². The van der Waals surface area contributed by atoms with Gasteiger partial charge in [-0.05, 0) is 18.6 Å². The van der Waals surface area contributed by atoms with Gasteiger partial charge < -0.3 is 9.47 Å². The number of rotatable bonds is 4. The highest BCUT2D eigenvalue weighted by Crippen LogP contribution is 2.17. The monoisotopic (exact) mass is 285 g/mol. The van der Waals surface area contributed by atoms with Crippen LogP contribution in [0, 0.1) is 6.92 Å². The molecular weight excluding hydrogens is 262 g/mol. The molecular formula is C16H23N5. The molecule has 1 fully saturated rings. The van der Waals surface area contributed by atoms with Gasteiger partial charge in [0.2, 0.25) is 0 Å². The van der Waals surface area contributed by atoms with Crippen LogP contribution in [0.25, 0.3) is 0 Å². The fourth-order valence-electron chi connectivity index (χ4n) is 2.89. The number of piperazine rings is 1. The molecule has 0 saturated carbocycles. The predicted molar refractivity (Wildman–Crippen MR) is 84.5 cm³/mol. The topological polar surface area (TPSA) is 37.2 Å². The van der Waals surface area contributed by atoms with Gasteiger partial charge in [-0.1, -0.05) is 6.07 Å². The lowest BCUT2D eigenvalue weighted by Gasteiger charge is -2.35. The van der Waals surface area contributed by atoms with Gasteiger partial charge in [0, 0.05) is 64.8 Å². The maximum atomic E-state index is 4.52. The van der Waals surface area contributed by atoms with Gasteiger partial charge in [0.25, 0.3) is 0 Å². The Labute approximate surface area is 126 Å². The smallest absolute Gasteiger partial charge is 0.131 e. The first-order valence-electron chi connectivity index (χ1n) is 7.59. The molecule has 1 saturated heterocycles. The number of hydrogen-bond donors (Lipinski definition) is 0. The number of anilines is 1. The average molecular weight is 285 g/mol. The van der Waals surface area contributed by atoms with Crippen molar-refractivity contribution in [3.05, 3.63) is 42.1 Å². The van der Waals surface area contributed by atoms with Crippen LogP contribution in [0.2, 0.25) is 0 Å². The van der Waals surface area contributed by atoms with Crippen molar-refractivity contribution in [2.45, 2.75) is 13.3 Å². The third-order valence-corrected chi connectivity index (χ3v) is 4.23. The molecule has 5 heteroatoms. The van der Waals surface area contributed by atoms with E-state index in [4.69, 9.17) is 0 Å². The van der Waals surface area contributed by atoms with Crippen LogP contribution in [0.3, 0.4) is 0 Å². The molecule has 0 aromatic carbocycles. The average Bonchev–Trinajstić information content (AvgIpc) is 2.92. The summed E-state index contributed by atoms with van der Waals surface area (Å²) in [5.74, 6) is 2.30. The van der Waals surface area contributed by atoms with E-state index in [1.165, 1.54) is 5.56 Å². The molecule has 0 spiro atoms. The number of aryl methyl sites for hydroxylation is 2. The summed E-state index contributed by atoms with van der Waals surface area (Å²) >= 11 is 0. The molecule has 0 radical (unpaired) electrons. The first-order valence-corrected chi connectivity index (χ1v) is 7.59. The molecule has 21 heavy (non-hydrogen) atoms. The van der Waals surface area contributed by atoms with Crippen molar-refractivity contribution in [1.82, 2.24) is 19.4 Å². The highest BCUT2D eigenvalue weighted by Gasteiger charge is 2.19. The van der Waals surface area contributed by atoms with Crippen LogP contribution in [0.5, 0.6) is 0 Å². The molecule has 1 aliphatic rings. The Morgan fingerprint density at radius 2 is 1.90 bits per heavy atom. The summed E-state index contributed by atoms with van der Waals surface area (Å²) < 4.78 is 2.10. The van der Waals surface area contributed by atoms with E-state index in [0.29, 0.717) is 0 Å². The highest BCUT2D eigenvalue weighted by molar-refractivity contribution is 5.46. The van der Waals surface area contributed by atoms with Gasteiger partial charge in [-0.2, -0.15) is 0 Å². The van der Waals surface area contributed by atoms with E-state index in [9.17, 15) is 0 Å². The molecule has 0 amide bonds. The molecule has 0 atom stereocenters. The first-order chi connectivity index (χ1) is 10.2. The summed E-state index contributed by atoms with van der Waals surface area (Å²) in [6.45, 7) is 7.52. The van der Waals surface area contributed by atoms with Crippen LogP contribution in [-0.4, -0.2) is 52.2 Å². The summed E-state index contributed by atoms with van der Waals surface area (Å²) in [6.07, 6.45) is 6.79. The van der Waals surface area contributed by atoms with Crippen LogP contribution in [-0.2, 0) is 13.5 Å². The zero-order valence-electron chi connectivity index (χ0n) is 12.9. The Balaban J connectivity index is 1.51. The maximum absolute atomic E-state index is 4.52. The Morgan fingerprint density at radius 1 is 1.10 bits per heavy atom. The summed E-state index contributed by atoms with van der Waals surface area (Å²) in [5, 5.41) is 0. The van der Waals surface area contributed by atoms with Crippen molar-refractivity contribution < 1.29 is 0 Å². The van der Waals surface area contributed by atoms with Crippen molar-refractivity contribution in [2.75, 3.05) is 37.6 Å². The van der Waals surface area contributed by atoms with Gasteiger partial charge in [0.05, 0.1) is 0 Å². The molecule has 3 rings (SSSR count). The van der Waals surface area contributed by atoms with Gasteiger partial charge >= 0.3 is 0 Å². The van der Waals surface area contributed by atoms with E-state index in [2.05, 4.69) is 44.4 Å². The zero-order valence-corrected chi connectivity index (χ0v) is 12.9. The van der Waals surface area contributed by atoms with Gasteiger partial charge in [0.15, 0.2) is 0 Å². The minimum absolute atomic E-state index is 1.02. The van der Waals surface area contributed by atoms with Gasteiger partial charge in [0.1, 0.15) is 11.6 Å².